The van der Waals surface area contributed by atoms with Crippen molar-refractivity contribution in [1.82, 2.24) is 4.98 Å². The molecule has 0 spiro atoms. The van der Waals surface area contributed by atoms with Crippen LogP contribution in [0.3, 0.4) is 0 Å². The zero-order valence-electron chi connectivity index (χ0n) is 8.88. The molecule has 0 aliphatic carbocycles. The maximum Gasteiger partial charge on any atom is 0.416 e. The van der Waals surface area contributed by atoms with Crippen molar-refractivity contribution in [2.75, 3.05) is 0 Å². The van der Waals surface area contributed by atoms with Gasteiger partial charge in [-0.1, -0.05) is 11.6 Å². The first-order valence-electron chi connectivity index (χ1n) is 4.94. The Hall–Kier alpha value is -1.75. The Labute approximate surface area is 105 Å². The summed E-state index contributed by atoms with van der Waals surface area (Å²) in [7, 11) is 0. The fraction of sp³-hybridized carbons (Fsp3) is 0.0833. The van der Waals surface area contributed by atoms with Crippen LogP contribution < -0.4 is 5.56 Å². The number of alkyl halides is 3. The number of pyridine rings is 1. The van der Waals surface area contributed by atoms with Gasteiger partial charge in [-0.3, -0.25) is 4.79 Å². The number of benzene rings is 1. The van der Waals surface area contributed by atoms with Crippen molar-refractivity contribution < 1.29 is 13.2 Å². The lowest BCUT2D eigenvalue weighted by Crippen LogP contribution is -2.05. The number of hydrogen-bond acceptors (Lipinski definition) is 1. The van der Waals surface area contributed by atoms with E-state index in [4.69, 9.17) is 11.6 Å². The molecule has 0 fully saturated rings. The van der Waals surface area contributed by atoms with Crippen LogP contribution in [0.1, 0.15) is 5.56 Å². The van der Waals surface area contributed by atoms with Gasteiger partial charge in [0, 0.05) is 22.8 Å². The molecule has 0 saturated carbocycles. The second-order valence-corrected chi connectivity index (χ2v) is 4.04. The van der Waals surface area contributed by atoms with Gasteiger partial charge in [-0.15, -0.1) is 0 Å². The van der Waals surface area contributed by atoms with Crippen LogP contribution in [0.25, 0.3) is 11.1 Å². The topological polar surface area (TPSA) is 32.9 Å². The number of hydrogen-bond donors (Lipinski definition) is 1. The molecule has 0 atom stereocenters. The molecule has 0 saturated heterocycles. The summed E-state index contributed by atoms with van der Waals surface area (Å²) in [6.07, 6.45) is -3.11. The molecule has 94 valence electrons. The maximum atomic E-state index is 12.6. The van der Waals surface area contributed by atoms with Gasteiger partial charge in [0.05, 0.1) is 5.56 Å². The molecule has 1 aromatic heterocycles. The van der Waals surface area contributed by atoms with E-state index in [9.17, 15) is 18.0 Å². The molecule has 0 aliphatic heterocycles. The number of aromatic amines is 1. The Bertz CT molecular complexity index is 613. The Morgan fingerprint density at radius 1 is 1.11 bits per heavy atom. The zero-order chi connectivity index (χ0) is 13.3. The van der Waals surface area contributed by atoms with Gasteiger partial charge in [0.2, 0.25) is 5.56 Å². The molecule has 6 heteroatoms. The van der Waals surface area contributed by atoms with E-state index in [1.807, 2.05) is 0 Å². The number of halogens is 4. The Morgan fingerprint density at radius 3 is 2.39 bits per heavy atom. The van der Waals surface area contributed by atoms with E-state index >= 15 is 0 Å². The lowest BCUT2D eigenvalue weighted by molar-refractivity contribution is -0.137. The van der Waals surface area contributed by atoms with E-state index in [-0.39, 0.29) is 16.1 Å². The third-order valence-electron chi connectivity index (χ3n) is 2.39. The molecule has 0 radical (unpaired) electrons. The fourth-order valence-corrected chi connectivity index (χ4v) is 1.73. The predicted octanol–water partition coefficient (Wildman–Crippen LogP) is 3.71. The maximum absolute atomic E-state index is 12.6. The summed E-state index contributed by atoms with van der Waals surface area (Å²) >= 11 is 5.86. The van der Waals surface area contributed by atoms with Gasteiger partial charge in [-0.25, -0.2) is 0 Å². The molecule has 0 aliphatic rings. The van der Waals surface area contributed by atoms with Gasteiger partial charge in [0.1, 0.15) is 0 Å². The molecular weight excluding hydrogens is 267 g/mol. The lowest BCUT2D eigenvalue weighted by atomic mass is 10.0. The second kappa shape index (κ2) is 4.49. The molecule has 0 bridgehead atoms. The molecule has 1 N–H and O–H groups in total. The van der Waals surface area contributed by atoms with Crippen LogP contribution in [-0.4, -0.2) is 4.98 Å². The SMILES string of the molecule is O=c1ccc(-c2cc(C(F)(F)F)ccc2Cl)c[nH]1. The summed E-state index contributed by atoms with van der Waals surface area (Å²) in [4.78, 5) is 13.3. The molecule has 2 aromatic rings. The van der Waals surface area contributed by atoms with Crippen LogP contribution in [0.2, 0.25) is 5.02 Å². The van der Waals surface area contributed by atoms with Crippen LogP contribution in [-0.2, 0) is 6.18 Å². The van der Waals surface area contributed by atoms with Crippen LogP contribution in [0.5, 0.6) is 0 Å². The third-order valence-corrected chi connectivity index (χ3v) is 2.72. The van der Waals surface area contributed by atoms with Crippen molar-refractivity contribution in [3.05, 3.63) is 57.5 Å². The monoisotopic (exact) mass is 273 g/mol. The van der Waals surface area contributed by atoms with E-state index in [1.54, 1.807) is 0 Å². The van der Waals surface area contributed by atoms with Gasteiger partial charge < -0.3 is 4.98 Å². The summed E-state index contributed by atoms with van der Waals surface area (Å²) in [6.45, 7) is 0. The van der Waals surface area contributed by atoms with Crippen LogP contribution in [0, 0.1) is 0 Å². The minimum Gasteiger partial charge on any atom is -0.328 e. The number of rotatable bonds is 1. The highest BCUT2D eigenvalue weighted by Gasteiger charge is 2.31. The summed E-state index contributed by atoms with van der Waals surface area (Å²) in [6, 6.07) is 5.70. The van der Waals surface area contributed by atoms with Crippen LogP contribution in [0.15, 0.2) is 41.3 Å². The highest BCUT2D eigenvalue weighted by Crippen LogP contribution is 2.35. The van der Waals surface area contributed by atoms with Crippen molar-refractivity contribution in [2.24, 2.45) is 0 Å². The van der Waals surface area contributed by atoms with E-state index in [0.29, 0.717) is 5.56 Å². The Morgan fingerprint density at radius 2 is 1.83 bits per heavy atom. The number of nitrogens with one attached hydrogen (secondary N) is 1. The highest BCUT2D eigenvalue weighted by molar-refractivity contribution is 6.33. The third kappa shape index (κ3) is 2.56. The van der Waals surface area contributed by atoms with E-state index < -0.39 is 11.7 Å². The lowest BCUT2D eigenvalue weighted by Gasteiger charge is -2.10. The zero-order valence-corrected chi connectivity index (χ0v) is 9.64. The molecule has 2 nitrogen and oxygen atoms in total. The van der Waals surface area contributed by atoms with Gasteiger partial charge in [-0.2, -0.15) is 13.2 Å². The Balaban J connectivity index is 2.56. The van der Waals surface area contributed by atoms with E-state index in [2.05, 4.69) is 4.98 Å². The molecule has 18 heavy (non-hydrogen) atoms. The summed E-state index contributed by atoms with van der Waals surface area (Å²) < 4.78 is 37.7. The van der Waals surface area contributed by atoms with Crippen LogP contribution >= 0.6 is 11.6 Å². The smallest absolute Gasteiger partial charge is 0.328 e. The largest absolute Gasteiger partial charge is 0.416 e. The normalized spacial score (nSPS) is 11.6. The van der Waals surface area contributed by atoms with Gasteiger partial charge in [0.25, 0.3) is 0 Å². The minimum atomic E-state index is -4.43. The van der Waals surface area contributed by atoms with E-state index in [1.165, 1.54) is 24.4 Å². The molecule has 1 aromatic carbocycles. The molecular formula is C12H7ClF3NO. The van der Waals surface area contributed by atoms with Gasteiger partial charge in [-0.05, 0) is 29.8 Å². The first-order valence-corrected chi connectivity index (χ1v) is 5.31. The second-order valence-electron chi connectivity index (χ2n) is 3.63. The molecule has 2 rings (SSSR count). The summed E-state index contributed by atoms with van der Waals surface area (Å²) in [5.74, 6) is 0. The van der Waals surface area contributed by atoms with Gasteiger partial charge >= 0.3 is 6.18 Å². The minimum absolute atomic E-state index is 0.190. The molecule has 0 amide bonds. The first kappa shape index (κ1) is 12.7. The summed E-state index contributed by atoms with van der Waals surface area (Å²) in [5.41, 5.74) is -0.469. The highest BCUT2D eigenvalue weighted by atomic mass is 35.5. The number of aromatic nitrogens is 1. The average molecular weight is 274 g/mol. The first-order chi connectivity index (χ1) is 8.38. The predicted molar refractivity (Wildman–Crippen MR) is 62.5 cm³/mol. The van der Waals surface area contributed by atoms with Crippen LogP contribution in [0.4, 0.5) is 13.2 Å². The summed E-state index contributed by atoms with van der Waals surface area (Å²) in [5, 5.41) is 0.190. The van der Waals surface area contributed by atoms with Crippen molar-refractivity contribution in [1.29, 1.82) is 0 Å². The Kier molecular flexibility index (Phi) is 3.17. The average Bonchev–Trinajstić information content (AvgIpc) is 2.29. The van der Waals surface area contributed by atoms with Crippen molar-refractivity contribution in [3.63, 3.8) is 0 Å². The standard InChI is InChI=1S/C12H7ClF3NO/c13-10-3-2-8(12(14,15)16)5-9(10)7-1-4-11(18)17-6-7/h1-6H,(H,17,18). The van der Waals surface area contributed by atoms with Crippen molar-refractivity contribution >= 4 is 11.6 Å². The van der Waals surface area contributed by atoms with E-state index in [0.717, 1.165) is 12.1 Å². The number of H-pyrrole nitrogens is 1. The molecule has 1 heterocycles. The van der Waals surface area contributed by atoms with Crippen molar-refractivity contribution in [3.8, 4) is 11.1 Å². The van der Waals surface area contributed by atoms with Gasteiger partial charge in [0.15, 0.2) is 0 Å². The van der Waals surface area contributed by atoms with Crippen molar-refractivity contribution in [2.45, 2.75) is 6.18 Å². The quantitative estimate of drug-likeness (QED) is 0.844. The molecule has 0 unspecified atom stereocenters. The fourth-order valence-electron chi connectivity index (χ4n) is 1.50.